The fourth-order valence-corrected chi connectivity index (χ4v) is 6.37. The molecule has 2 aromatic rings. The molecule has 1 heterocycles. The maximum Gasteiger partial charge on any atom is 0.463 e. The van der Waals surface area contributed by atoms with E-state index in [2.05, 4.69) is 4.98 Å². The standard InChI is InChI=1S/C27H28NO12Si/c1-10-22(31)13(28-41-37)6-17(39-10)40-15-8-27(36,16(30)9-29)7-12-19(15)26(35)21-20(24(12)33)23(32)11-4-3-5-14(38-2)18(11)25(21)34/h3-5,10,13,15,17,22,28-29,31,33,35-36H,6-9H2,1-2H3/t10?,13?,15-,17?,22?,27-/m0/s1. The summed E-state index contributed by atoms with van der Waals surface area (Å²) in [6.07, 6.45) is -5.47. The smallest absolute Gasteiger partial charge is 0.463 e. The Labute approximate surface area is 235 Å². The van der Waals surface area contributed by atoms with Crippen LogP contribution in [0.25, 0.3) is 0 Å². The summed E-state index contributed by atoms with van der Waals surface area (Å²) in [6.45, 7) is 0.512. The molecule has 41 heavy (non-hydrogen) atoms. The molecule has 2 aromatic carbocycles. The van der Waals surface area contributed by atoms with Crippen molar-refractivity contribution in [1.29, 1.82) is 0 Å². The van der Waals surface area contributed by atoms with Crippen LogP contribution in [0.15, 0.2) is 18.2 Å². The van der Waals surface area contributed by atoms with Gasteiger partial charge in [-0.2, -0.15) is 0 Å². The van der Waals surface area contributed by atoms with Crippen LogP contribution in [0.4, 0.5) is 0 Å². The van der Waals surface area contributed by atoms with E-state index in [1.807, 2.05) is 0 Å². The van der Waals surface area contributed by atoms with E-state index in [-0.39, 0.29) is 34.4 Å². The van der Waals surface area contributed by atoms with Gasteiger partial charge in [-0.05, 0) is 13.0 Å². The number of hydrogen-bond donors (Lipinski definition) is 6. The minimum Gasteiger partial charge on any atom is -0.507 e. The van der Waals surface area contributed by atoms with Gasteiger partial charge in [-0.15, -0.1) is 0 Å². The molecular formula is C27H28NO12Si. The van der Waals surface area contributed by atoms with Crippen LogP contribution in [0.5, 0.6) is 17.2 Å². The number of Topliss-reactive ketones (excluding diaryl/α,β-unsaturated/α-hetero) is 1. The average Bonchev–Trinajstić information content (AvgIpc) is 2.95. The highest BCUT2D eigenvalue weighted by Crippen LogP contribution is 2.52. The quantitative estimate of drug-likeness (QED) is 0.154. The fourth-order valence-electron chi connectivity index (χ4n) is 5.93. The lowest BCUT2D eigenvalue weighted by atomic mass is 9.72. The van der Waals surface area contributed by atoms with Gasteiger partial charge in [-0.1, -0.05) is 12.1 Å². The number of methoxy groups -OCH3 is 1. The number of aliphatic hydroxyl groups is 3. The Morgan fingerprint density at radius 3 is 2.54 bits per heavy atom. The number of aliphatic hydroxyl groups excluding tert-OH is 2. The Morgan fingerprint density at radius 1 is 1.17 bits per heavy atom. The van der Waals surface area contributed by atoms with Gasteiger partial charge in [-0.3, -0.25) is 14.4 Å². The molecule has 5 rings (SSSR count). The number of ether oxygens (including phenoxy) is 3. The second-order valence-electron chi connectivity index (χ2n) is 10.3. The van der Waals surface area contributed by atoms with Gasteiger partial charge in [0.1, 0.15) is 29.5 Å². The zero-order valence-electron chi connectivity index (χ0n) is 22.0. The first-order valence-corrected chi connectivity index (χ1v) is 13.7. The molecule has 1 aliphatic heterocycles. The van der Waals surface area contributed by atoms with Gasteiger partial charge in [0.2, 0.25) is 5.78 Å². The van der Waals surface area contributed by atoms with Crippen molar-refractivity contribution >= 4 is 26.9 Å². The normalized spacial score (nSPS) is 28.8. The predicted molar refractivity (Wildman–Crippen MR) is 137 cm³/mol. The molecule has 0 spiro atoms. The van der Waals surface area contributed by atoms with E-state index in [0.29, 0.717) is 0 Å². The Balaban J connectivity index is 1.66. The van der Waals surface area contributed by atoms with Crippen molar-refractivity contribution in [3.05, 3.63) is 51.6 Å². The molecule has 1 radical (unpaired) electrons. The van der Waals surface area contributed by atoms with Gasteiger partial charge in [0.25, 0.3) is 0 Å². The fraction of sp³-hybridized carbons (Fsp3) is 0.444. The van der Waals surface area contributed by atoms with Gasteiger partial charge in [0, 0.05) is 36.0 Å². The molecule has 6 N–H and O–H groups in total. The van der Waals surface area contributed by atoms with Gasteiger partial charge < -0.3 is 49.2 Å². The topological polar surface area (TPSA) is 209 Å². The van der Waals surface area contributed by atoms with Gasteiger partial charge in [0.05, 0.1) is 48.2 Å². The largest absolute Gasteiger partial charge is 0.507 e. The van der Waals surface area contributed by atoms with Crippen molar-refractivity contribution in [2.75, 3.05) is 13.7 Å². The molecule has 0 saturated carbocycles. The zero-order valence-corrected chi connectivity index (χ0v) is 23.0. The Kier molecular flexibility index (Phi) is 7.56. The molecule has 4 unspecified atom stereocenters. The van der Waals surface area contributed by atoms with Crippen LogP contribution < -0.4 is 9.72 Å². The molecule has 217 valence electrons. The highest BCUT2D eigenvalue weighted by molar-refractivity contribution is 6.31. The summed E-state index contributed by atoms with van der Waals surface area (Å²) in [6, 6.07) is 3.62. The van der Waals surface area contributed by atoms with Crippen LogP contribution in [0, 0.1) is 0 Å². The number of phenols is 2. The van der Waals surface area contributed by atoms with Crippen molar-refractivity contribution in [2.24, 2.45) is 0 Å². The van der Waals surface area contributed by atoms with E-state index in [1.54, 1.807) is 6.92 Å². The molecule has 0 bridgehead atoms. The maximum atomic E-state index is 13.7. The van der Waals surface area contributed by atoms with E-state index in [4.69, 9.17) is 14.2 Å². The molecule has 6 atom stereocenters. The summed E-state index contributed by atoms with van der Waals surface area (Å²) in [5.74, 6) is -3.90. The molecule has 2 aliphatic carbocycles. The molecule has 1 saturated heterocycles. The van der Waals surface area contributed by atoms with E-state index < -0.39 is 105 Å². The summed E-state index contributed by atoms with van der Waals surface area (Å²) in [7, 11) is 0.374. The molecule has 3 aliphatic rings. The zero-order chi connectivity index (χ0) is 29.8. The number of carbonyl (C=O) groups is 3. The third kappa shape index (κ3) is 4.56. The SMILES string of the molecule is COc1cccc2c1C(=O)c1c(O)c3c(c(O)c1C2=O)C[C@@](O)(C(=O)CO)C[C@@H]3OC1CC(N[Si]=O)C(O)C(C)O1. The number of benzene rings is 2. The first kappa shape index (κ1) is 29.0. The molecule has 0 amide bonds. The molecule has 1 fully saturated rings. The van der Waals surface area contributed by atoms with Gasteiger partial charge >= 0.3 is 9.57 Å². The lowest BCUT2D eigenvalue weighted by Crippen LogP contribution is -2.54. The predicted octanol–water partition coefficient (Wildman–Crippen LogP) is -0.403. The third-order valence-electron chi connectivity index (χ3n) is 8.00. The number of phenolic OH excluding ortho intramolecular Hbond substituents is 2. The second kappa shape index (κ2) is 10.7. The van der Waals surface area contributed by atoms with Gasteiger partial charge in [0.15, 0.2) is 17.9 Å². The number of fused-ring (bicyclic) bond motifs is 3. The van der Waals surface area contributed by atoms with E-state index in [0.717, 1.165) is 0 Å². The lowest BCUT2D eigenvalue weighted by molar-refractivity contribution is -0.248. The van der Waals surface area contributed by atoms with Crippen molar-refractivity contribution in [3.63, 3.8) is 0 Å². The summed E-state index contributed by atoms with van der Waals surface area (Å²) in [5, 5.41) is 54.1. The summed E-state index contributed by atoms with van der Waals surface area (Å²) in [5.41, 5.74) is -3.80. The molecular weight excluding hydrogens is 558 g/mol. The van der Waals surface area contributed by atoms with E-state index >= 15 is 0 Å². The van der Waals surface area contributed by atoms with Crippen LogP contribution in [-0.4, -0.2) is 96.3 Å². The summed E-state index contributed by atoms with van der Waals surface area (Å²) < 4.78 is 28.3. The maximum absolute atomic E-state index is 13.7. The van der Waals surface area contributed by atoms with Crippen molar-refractivity contribution < 1.29 is 58.6 Å². The minimum absolute atomic E-state index is 0.0291. The second-order valence-corrected chi connectivity index (χ2v) is 10.8. The first-order valence-electron chi connectivity index (χ1n) is 12.8. The Bertz CT molecular complexity index is 1460. The number of carbonyl (C=O) groups excluding carboxylic acids is 3. The number of aromatic hydroxyl groups is 2. The van der Waals surface area contributed by atoms with Crippen LogP contribution in [0.1, 0.15) is 68.8 Å². The summed E-state index contributed by atoms with van der Waals surface area (Å²) >= 11 is 0. The highest BCUT2D eigenvalue weighted by atomic mass is 28.2. The summed E-state index contributed by atoms with van der Waals surface area (Å²) in [4.78, 5) is 42.5. The number of rotatable bonds is 7. The number of hydrogen-bond acceptors (Lipinski definition) is 12. The van der Waals surface area contributed by atoms with Crippen LogP contribution >= 0.6 is 0 Å². The van der Waals surface area contributed by atoms with Crippen LogP contribution in [0.3, 0.4) is 0 Å². The van der Waals surface area contributed by atoms with E-state index in [1.165, 1.54) is 25.3 Å². The highest BCUT2D eigenvalue weighted by Gasteiger charge is 2.50. The van der Waals surface area contributed by atoms with Crippen molar-refractivity contribution in [3.8, 4) is 17.2 Å². The lowest BCUT2D eigenvalue weighted by Gasteiger charge is -2.42. The molecule has 14 heteroatoms. The Hall–Kier alpha value is -3.53. The van der Waals surface area contributed by atoms with Crippen molar-refractivity contribution in [1.82, 2.24) is 4.98 Å². The van der Waals surface area contributed by atoms with Crippen LogP contribution in [0.2, 0.25) is 0 Å². The third-order valence-corrected chi connectivity index (χ3v) is 8.49. The number of ketones is 3. The minimum atomic E-state index is -2.28. The van der Waals surface area contributed by atoms with Crippen LogP contribution in [-0.2, 0) is 25.2 Å². The monoisotopic (exact) mass is 586 g/mol. The van der Waals surface area contributed by atoms with E-state index in [9.17, 15) is 44.4 Å². The Morgan fingerprint density at radius 2 is 1.88 bits per heavy atom. The molecule has 0 aromatic heterocycles. The molecule has 13 nitrogen and oxygen atoms in total. The average molecular weight is 587 g/mol. The van der Waals surface area contributed by atoms with Crippen molar-refractivity contribution in [2.45, 2.75) is 62.4 Å². The number of nitrogens with one attached hydrogen (secondary N) is 1. The van der Waals surface area contributed by atoms with Gasteiger partial charge in [-0.25, -0.2) is 0 Å². The first-order chi connectivity index (χ1) is 19.5.